The Labute approximate surface area is 168 Å². The standard InChI is InChI=1S/C26H30O2/c1-7-9-19-13-21(15-23(25(19)27)11-17(3)4)22-14-20(10-8-2)26(28)24(16-22)12-18(5)6/h7-8,13-16,27-28H,1-3,5,9-12H2,4,6H3. The summed E-state index contributed by atoms with van der Waals surface area (Å²) in [5.41, 5.74) is 7.34. The predicted molar refractivity (Wildman–Crippen MR) is 120 cm³/mol. The smallest absolute Gasteiger partial charge is 0.122 e. The van der Waals surface area contributed by atoms with Gasteiger partial charge in [-0.25, -0.2) is 0 Å². The van der Waals surface area contributed by atoms with Gasteiger partial charge in [0.05, 0.1) is 0 Å². The van der Waals surface area contributed by atoms with Gasteiger partial charge in [0, 0.05) is 0 Å². The van der Waals surface area contributed by atoms with Crippen molar-refractivity contribution >= 4 is 0 Å². The average molecular weight is 375 g/mol. The molecule has 0 bridgehead atoms. The monoisotopic (exact) mass is 374 g/mol. The maximum atomic E-state index is 10.6. The molecule has 2 rings (SSSR count). The highest BCUT2D eigenvalue weighted by Crippen LogP contribution is 2.36. The van der Waals surface area contributed by atoms with Gasteiger partial charge in [-0.2, -0.15) is 0 Å². The van der Waals surface area contributed by atoms with Gasteiger partial charge in [-0.05, 0) is 97.2 Å². The van der Waals surface area contributed by atoms with Crippen LogP contribution in [0.15, 0.2) is 73.9 Å². The minimum Gasteiger partial charge on any atom is -0.507 e. The van der Waals surface area contributed by atoms with E-state index in [4.69, 9.17) is 0 Å². The maximum absolute atomic E-state index is 10.6. The molecule has 0 atom stereocenters. The van der Waals surface area contributed by atoms with Crippen LogP contribution >= 0.6 is 0 Å². The summed E-state index contributed by atoms with van der Waals surface area (Å²) in [5, 5.41) is 21.3. The van der Waals surface area contributed by atoms with E-state index >= 15 is 0 Å². The van der Waals surface area contributed by atoms with Crippen LogP contribution in [0.4, 0.5) is 0 Å². The van der Waals surface area contributed by atoms with E-state index in [1.807, 2.05) is 38.1 Å². The summed E-state index contributed by atoms with van der Waals surface area (Å²) < 4.78 is 0. The van der Waals surface area contributed by atoms with Gasteiger partial charge in [0.25, 0.3) is 0 Å². The third kappa shape index (κ3) is 5.04. The normalized spacial score (nSPS) is 10.5. The predicted octanol–water partition coefficient (Wildman–Crippen LogP) is 6.46. The molecule has 2 aromatic carbocycles. The fourth-order valence-corrected chi connectivity index (χ4v) is 3.40. The summed E-state index contributed by atoms with van der Waals surface area (Å²) in [5.74, 6) is 0.609. The summed E-state index contributed by atoms with van der Waals surface area (Å²) in [6, 6.07) is 8.00. The van der Waals surface area contributed by atoms with Gasteiger partial charge >= 0.3 is 0 Å². The van der Waals surface area contributed by atoms with Crippen molar-refractivity contribution in [2.45, 2.75) is 39.5 Å². The molecule has 0 radical (unpaired) electrons. The SMILES string of the molecule is C=CCc1cc(-c2cc(CC=C)c(O)c(CC(=C)C)c2)cc(CC(=C)C)c1O. The molecule has 0 spiro atoms. The minimum atomic E-state index is 0.305. The lowest BCUT2D eigenvalue weighted by Crippen LogP contribution is -1.97. The Kier molecular flexibility index (Phi) is 7.06. The van der Waals surface area contributed by atoms with Crippen molar-refractivity contribution in [3.8, 4) is 22.6 Å². The first kappa shape index (κ1) is 21.3. The molecule has 0 aliphatic rings. The zero-order valence-electron chi connectivity index (χ0n) is 17.0. The zero-order chi connectivity index (χ0) is 20.8. The molecule has 0 aromatic heterocycles. The number of phenolic OH excluding ortho intramolecular Hbond substituents is 2. The van der Waals surface area contributed by atoms with Gasteiger partial charge in [-0.1, -0.05) is 36.5 Å². The molecule has 0 fully saturated rings. The molecule has 2 nitrogen and oxygen atoms in total. The lowest BCUT2D eigenvalue weighted by molar-refractivity contribution is 0.463. The first-order valence-electron chi connectivity index (χ1n) is 9.47. The highest BCUT2D eigenvalue weighted by atomic mass is 16.3. The molecule has 2 N–H and O–H groups in total. The molecular weight excluding hydrogens is 344 g/mol. The Bertz CT molecular complexity index is 854. The van der Waals surface area contributed by atoms with E-state index in [1.165, 1.54) is 0 Å². The van der Waals surface area contributed by atoms with E-state index in [-0.39, 0.29) is 0 Å². The Morgan fingerprint density at radius 1 is 0.714 bits per heavy atom. The molecular formula is C26H30O2. The second kappa shape index (κ2) is 9.27. The first-order chi connectivity index (χ1) is 13.3. The van der Waals surface area contributed by atoms with Gasteiger partial charge in [0.2, 0.25) is 0 Å². The molecule has 0 amide bonds. The Morgan fingerprint density at radius 3 is 1.32 bits per heavy atom. The fraction of sp³-hybridized carbons (Fsp3) is 0.231. The van der Waals surface area contributed by atoms with Crippen LogP contribution < -0.4 is 0 Å². The van der Waals surface area contributed by atoms with Crippen molar-refractivity contribution in [3.63, 3.8) is 0 Å². The third-order valence-electron chi connectivity index (χ3n) is 4.58. The van der Waals surface area contributed by atoms with Crippen LogP contribution in [0.1, 0.15) is 36.1 Å². The van der Waals surface area contributed by atoms with Gasteiger partial charge in [0.1, 0.15) is 11.5 Å². The van der Waals surface area contributed by atoms with Crippen LogP contribution in [-0.4, -0.2) is 10.2 Å². The van der Waals surface area contributed by atoms with Crippen LogP contribution in [0.2, 0.25) is 0 Å². The van der Waals surface area contributed by atoms with Gasteiger partial charge < -0.3 is 10.2 Å². The van der Waals surface area contributed by atoms with Crippen LogP contribution in [0, 0.1) is 0 Å². The average Bonchev–Trinajstić information content (AvgIpc) is 2.61. The van der Waals surface area contributed by atoms with Gasteiger partial charge in [-0.3, -0.25) is 0 Å². The van der Waals surface area contributed by atoms with E-state index in [0.717, 1.165) is 44.5 Å². The van der Waals surface area contributed by atoms with Crippen molar-refractivity contribution in [1.82, 2.24) is 0 Å². The lowest BCUT2D eigenvalue weighted by Gasteiger charge is -2.16. The quantitative estimate of drug-likeness (QED) is 0.495. The molecule has 2 aromatic rings. The second-order valence-electron chi connectivity index (χ2n) is 7.54. The van der Waals surface area contributed by atoms with Gasteiger partial charge in [-0.15, -0.1) is 13.2 Å². The summed E-state index contributed by atoms with van der Waals surface area (Å²) in [6.45, 7) is 19.5. The second-order valence-corrected chi connectivity index (χ2v) is 7.54. The van der Waals surface area contributed by atoms with Crippen LogP contribution in [0.25, 0.3) is 11.1 Å². The molecule has 0 aliphatic carbocycles. The number of allylic oxidation sites excluding steroid dienone is 4. The minimum absolute atomic E-state index is 0.305. The number of hydrogen-bond acceptors (Lipinski definition) is 2. The molecule has 28 heavy (non-hydrogen) atoms. The van der Waals surface area contributed by atoms with Gasteiger partial charge in [0.15, 0.2) is 0 Å². The molecule has 0 unspecified atom stereocenters. The van der Waals surface area contributed by atoms with E-state index in [9.17, 15) is 10.2 Å². The Morgan fingerprint density at radius 2 is 1.04 bits per heavy atom. The number of phenols is 2. The van der Waals surface area contributed by atoms with Crippen LogP contribution in [0.5, 0.6) is 11.5 Å². The molecule has 0 saturated carbocycles. The fourth-order valence-electron chi connectivity index (χ4n) is 3.40. The highest BCUT2D eigenvalue weighted by Gasteiger charge is 2.15. The highest BCUT2D eigenvalue weighted by molar-refractivity contribution is 5.71. The summed E-state index contributed by atoms with van der Waals surface area (Å²) in [7, 11) is 0. The van der Waals surface area contributed by atoms with Crippen LogP contribution in [0.3, 0.4) is 0 Å². The topological polar surface area (TPSA) is 40.5 Å². The number of rotatable bonds is 9. The molecule has 0 heterocycles. The number of aromatic hydroxyl groups is 2. The maximum Gasteiger partial charge on any atom is 0.122 e. The summed E-state index contributed by atoms with van der Waals surface area (Å²) in [6.07, 6.45) is 5.96. The van der Waals surface area contributed by atoms with E-state index < -0.39 is 0 Å². The van der Waals surface area contributed by atoms with Crippen LogP contribution in [-0.2, 0) is 25.7 Å². The Hall–Kier alpha value is -3.00. The summed E-state index contributed by atoms with van der Waals surface area (Å²) >= 11 is 0. The largest absolute Gasteiger partial charge is 0.507 e. The molecule has 146 valence electrons. The first-order valence-corrected chi connectivity index (χ1v) is 9.47. The Balaban J connectivity index is 2.70. The lowest BCUT2D eigenvalue weighted by atomic mass is 9.91. The van der Waals surface area contributed by atoms with Crippen molar-refractivity contribution in [3.05, 3.63) is 96.1 Å². The van der Waals surface area contributed by atoms with Crippen molar-refractivity contribution in [1.29, 1.82) is 0 Å². The van der Waals surface area contributed by atoms with Crippen molar-refractivity contribution in [2.24, 2.45) is 0 Å². The summed E-state index contributed by atoms with van der Waals surface area (Å²) in [4.78, 5) is 0. The van der Waals surface area contributed by atoms with E-state index in [2.05, 4.69) is 26.3 Å². The molecule has 0 aliphatic heterocycles. The molecule has 2 heteroatoms. The zero-order valence-corrected chi connectivity index (χ0v) is 17.0. The molecule has 0 saturated heterocycles. The van der Waals surface area contributed by atoms with E-state index in [1.54, 1.807) is 12.2 Å². The number of benzene rings is 2. The van der Waals surface area contributed by atoms with E-state index in [0.29, 0.717) is 37.2 Å². The van der Waals surface area contributed by atoms with Crippen molar-refractivity contribution < 1.29 is 10.2 Å². The third-order valence-corrected chi connectivity index (χ3v) is 4.58. The van der Waals surface area contributed by atoms with Crippen molar-refractivity contribution in [2.75, 3.05) is 0 Å². The number of hydrogen-bond donors (Lipinski definition) is 2.